The predicted molar refractivity (Wildman–Crippen MR) is 82.3 cm³/mol. The summed E-state index contributed by atoms with van der Waals surface area (Å²) in [6, 6.07) is 8.95. The van der Waals surface area contributed by atoms with Crippen LogP contribution in [0.5, 0.6) is 5.75 Å². The van der Waals surface area contributed by atoms with Crippen LogP contribution in [0.2, 0.25) is 0 Å². The molecule has 0 bridgehead atoms. The van der Waals surface area contributed by atoms with E-state index in [9.17, 15) is 0 Å². The zero-order valence-corrected chi connectivity index (χ0v) is 12.9. The van der Waals surface area contributed by atoms with E-state index in [2.05, 4.69) is 50.4 Å². The molecule has 1 aromatic rings. The molecule has 3 atom stereocenters. The van der Waals surface area contributed by atoms with Gasteiger partial charge < -0.3 is 14.8 Å². The Morgan fingerprint density at radius 1 is 1.30 bits per heavy atom. The summed E-state index contributed by atoms with van der Waals surface area (Å²) in [7, 11) is 0. The highest BCUT2D eigenvalue weighted by Gasteiger charge is 2.22. The summed E-state index contributed by atoms with van der Waals surface area (Å²) in [6.07, 6.45) is 3.96. The number of hydrogen-bond donors (Lipinski definition) is 1. The van der Waals surface area contributed by atoms with E-state index in [1.54, 1.807) is 0 Å². The molecule has 0 aromatic heterocycles. The van der Waals surface area contributed by atoms with Crippen molar-refractivity contribution in [3.8, 4) is 5.75 Å². The van der Waals surface area contributed by atoms with E-state index < -0.39 is 0 Å². The molecule has 0 aliphatic carbocycles. The smallest absolute Gasteiger partial charge is 0.119 e. The molecule has 0 saturated carbocycles. The van der Waals surface area contributed by atoms with E-state index in [0.29, 0.717) is 18.8 Å². The van der Waals surface area contributed by atoms with E-state index in [0.717, 1.165) is 31.6 Å². The van der Waals surface area contributed by atoms with Crippen LogP contribution in [0.3, 0.4) is 0 Å². The van der Waals surface area contributed by atoms with Gasteiger partial charge in [-0.25, -0.2) is 0 Å². The third-order valence-corrected chi connectivity index (χ3v) is 3.77. The second kappa shape index (κ2) is 7.65. The summed E-state index contributed by atoms with van der Waals surface area (Å²) in [4.78, 5) is 0. The molecule has 1 aliphatic rings. The molecule has 3 heteroatoms. The van der Waals surface area contributed by atoms with Crippen LogP contribution >= 0.6 is 0 Å². The minimum absolute atomic E-state index is 0.262. The summed E-state index contributed by atoms with van der Waals surface area (Å²) < 4.78 is 11.6. The van der Waals surface area contributed by atoms with Crippen molar-refractivity contribution in [2.45, 2.75) is 58.3 Å². The second-order valence-electron chi connectivity index (χ2n) is 5.76. The molecule has 0 radical (unpaired) electrons. The maximum atomic E-state index is 5.81. The first-order valence-corrected chi connectivity index (χ1v) is 7.78. The lowest BCUT2D eigenvalue weighted by Crippen LogP contribution is -2.27. The monoisotopic (exact) mass is 277 g/mol. The van der Waals surface area contributed by atoms with E-state index in [4.69, 9.17) is 9.47 Å². The van der Waals surface area contributed by atoms with Crippen LogP contribution in [-0.4, -0.2) is 31.4 Å². The van der Waals surface area contributed by atoms with Crippen LogP contribution in [0.4, 0.5) is 0 Å². The summed E-state index contributed by atoms with van der Waals surface area (Å²) in [5.41, 5.74) is 1.34. The van der Waals surface area contributed by atoms with Gasteiger partial charge in [0, 0.05) is 6.04 Å². The lowest BCUT2D eigenvalue weighted by Gasteiger charge is -2.14. The van der Waals surface area contributed by atoms with Crippen molar-refractivity contribution >= 4 is 0 Å². The third kappa shape index (κ3) is 4.80. The van der Waals surface area contributed by atoms with Crippen LogP contribution in [0.15, 0.2) is 24.3 Å². The Morgan fingerprint density at radius 3 is 2.65 bits per heavy atom. The third-order valence-electron chi connectivity index (χ3n) is 3.77. The normalized spacial score (nSPS) is 23.8. The number of rotatable bonds is 7. The molecule has 1 fully saturated rings. The van der Waals surface area contributed by atoms with Gasteiger partial charge in [0.1, 0.15) is 12.4 Å². The molecule has 1 heterocycles. The van der Waals surface area contributed by atoms with Gasteiger partial charge in [-0.05, 0) is 57.4 Å². The molecule has 2 rings (SSSR count). The molecular formula is C17H27NO2. The number of benzene rings is 1. The minimum atomic E-state index is 0.262. The lowest BCUT2D eigenvalue weighted by atomic mass is 10.1. The van der Waals surface area contributed by atoms with Crippen molar-refractivity contribution in [3.05, 3.63) is 29.8 Å². The van der Waals surface area contributed by atoms with Gasteiger partial charge in [-0.2, -0.15) is 0 Å². The largest absolute Gasteiger partial charge is 0.491 e. The Morgan fingerprint density at radius 2 is 2.05 bits per heavy atom. The van der Waals surface area contributed by atoms with Crippen molar-refractivity contribution in [2.75, 3.05) is 13.2 Å². The fraction of sp³-hybridized carbons (Fsp3) is 0.647. The van der Waals surface area contributed by atoms with Gasteiger partial charge >= 0.3 is 0 Å². The van der Waals surface area contributed by atoms with Gasteiger partial charge in [0.15, 0.2) is 0 Å². The van der Waals surface area contributed by atoms with E-state index in [1.807, 2.05) is 0 Å². The Kier molecular flexibility index (Phi) is 5.86. The second-order valence-corrected chi connectivity index (χ2v) is 5.76. The summed E-state index contributed by atoms with van der Waals surface area (Å²) in [5, 5.41) is 3.43. The molecule has 1 aliphatic heterocycles. The lowest BCUT2D eigenvalue weighted by molar-refractivity contribution is 0.0264. The van der Waals surface area contributed by atoms with Gasteiger partial charge in [-0.1, -0.05) is 19.1 Å². The maximum Gasteiger partial charge on any atom is 0.119 e. The topological polar surface area (TPSA) is 30.5 Å². The highest BCUT2D eigenvalue weighted by atomic mass is 16.5. The van der Waals surface area contributed by atoms with Crippen molar-refractivity contribution in [3.63, 3.8) is 0 Å². The summed E-state index contributed by atoms with van der Waals surface area (Å²) in [5.74, 6) is 0.938. The van der Waals surface area contributed by atoms with Gasteiger partial charge in [0.25, 0.3) is 0 Å². The standard InChI is InChI=1S/C17H27NO2/c1-4-18-13(2)11-15-6-9-16(10-7-15)19-12-17-8-5-14(3)20-17/h6-7,9-10,13-14,17-18H,4-5,8,11-12H2,1-3H3. The first-order valence-electron chi connectivity index (χ1n) is 7.78. The van der Waals surface area contributed by atoms with E-state index in [-0.39, 0.29) is 6.10 Å². The quantitative estimate of drug-likeness (QED) is 0.830. The number of likely N-dealkylation sites (N-methyl/N-ethyl adjacent to an activating group) is 1. The molecule has 0 amide bonds. The van der Waals surface area contributed by atoms with Gasteiger partial charge in [-0.15, -0.1) is 0 Å². The first kappa shape index (κ1) is 15.3. The molecule has 3 nitrogen and oxygen atoms in total. The van der Waals surface area contributed by atoms with Crippen LogP contribution in [0.25, 0.3) is 0 Å². The van der Waals surface area contributed by atoms with Crippen LogP contribution in [0, 0.1) is 0 Å². The number of hydrogen-bond acceptors (Lipinski definition) is 3. The van der Waals surface area contributed by atoms with Crippen molar-refractivity contribution < 1.29 is 9.47 Å². The van der Waals surface area contributed by atoms with Crippen LogP contribution in [-0.2, 0) is 11.2 Å². The molecule has 112 valence electrons. The Bertz CT molecular complexity index is 390. The van der Waals surface area contributed by atoms with Crippen molar-refractivity contribution in [1.29, 1.82) is 0 Å². The van der Waals surface area contributed by atoms with Crippen LogP contribution in [0.1, 0.15) is 39.2 Å². The first-order chi connectivity index (χ1) is 9.67. The highest BCUT2D eigenvalue weighted by molar-refractivity contribution is 5.27. The highest BCUT2D eigenvalue weighted by Crippen LogP contribution is 2.21. The van der Waals surface area contributed by atoms with Gasteiger partial charge in [0.05, 0.1) is 12.2 Å². The minimum Gasteiger partial charge on any atom is -0.491 e. The number of ether oxygens (including phenoxy) is 2. The van der Waals surface area contributed by atoms with Crippen molar-refractivity contribution in [1.82, 2.24) is 5.32 Å². The van der Waals surface area contributed by atoms with E-state index in [1.165, 1.54) is 5.56 Å². The molecule has 3 unspecified atom stereocenters. The zero-order chi connectivity index (χ0) is 14.4. The average molecular weight is 277 g/mol. The SMILES string of the molecule is CCNC(C)Cc1ccc(OCC2CCC(C)O2)cc1. The average Bonchev–Trinajstić information content (AvgIpc) is 2.84. The van der Waals surface area contributed by atoms with E-state index >= 15 is 0 Å². The van der Waals surface area contributed by atoms with Crippen LogP contribution < -0.4 is 10.1 Å². The molecular weight excluding hydrogens is 250 g/mol. The predicted octanol–water partition coefficient (Wildman–Crippen LogP) is 3.17. The fourth-order valence-electron chi connectivity index (χ4n) is 2.69. The molecule has 1 N–H and O–H groups in total. The number of nitrogens with one attached hydrogen (secondary N) is 1. The molecule has 1 saturated heterocycles. The molecule has 0 spiro atoms. The fourth-order valence-corrected chi connectivity index (χ4v) is 2.69. The van der Waals surface area contributed by atoms with Gasteiger partial charge in [-0.3, -0.25) is 0 Å². The molecule has 1 aromatic carbocycles. The van der Waals surface area contributed by atoms with Gasteiger partial charge in [0.2, 0.25) is 0 Å². The molecule has 20 heavy (non-hydrogen) atoms. The Balaban J connectivity index is 1.76. The van der Waals surface area contributed by atoms with Crippen molar-refractivity contribution in [2.24, 2.45) is 0 Å². The summed E-state index contributed by atoms with van der Waals surface area (Å²) >= 11 is 0. The Labute approximate surface area is 122 Å². The maximum absolute atomic E-state index is 5.81. The summed E-state index contributed by atoms with van der Waals surface area (Å²) in [6.45, 7) is 8.16. The Hall–Kier alpha value is -1.06. The zero-order valence-electron chi connectivity index (χ0n) is 12.9.